The summed E-state index contributed by atoms with van der Waals surface area (Å²) in [5.74, 6) is -2.00. The molecule has 31 atom stereocenters. The molecule has 5 aliphatic carbocycles. The molecule has 0 aromatic heterocycles. The zero-order valence-corrected chi connectivity index (χ0v) is 43.6. The van der Waals surface area contributed by atoms with Crippen molar-refractivity contribution in [3.05, 3.63) is 12.2 Å². The Morgan fingerprint density at radius 1 is 0.526 bits per heavy atom. The van der Waals surface area contributed by atoms with Crippen LogP contribution in [0.3, 0.4) is 0 Å². The van der Waals surface area contributed by atoms with Crippen molar-refractivity contribution in [1.29, 1.82) is 0 Å². The number of hydrogen-bond donors (Lipinski definition) is 17. The van der Waals surface area contributed by atoms with Crippen LogP contribution >= 0.6 is 0 Å². The van der Waals surface area contributed by atoms with Gasteiger partial charge >= 0.3 is 5.97 Å². The lowest BCUT2D eigenvalue weighted by atomic mass is 9.41. The monoisotopic (exact) mass is 1130 g/mol. The summed E-state index contributed by atoms with van der Waals surface area (Å²) in [5, 5.41) is 181. The van der Waals surface area contributed by atoms with E-state index in [4.69, 9.17) is 42.6 Å². The van der Waals surface area contributed by atoms with E-state index in [9.17, 15) is 86.8 Å². The van der Waals surface area contributed by atoms with Crippen LogP contribution in [0.15, 0.2) is 12.2 Å². The third-order valence-corrected chi connectivity index (χ3v) is 19.7. The minimum Gasteiger partial charge on any atom is -0.432 e. The molecule has 4 saturated heterocycles. The normalized spacial score (nSPS) is 54.5. The Balaban J connectivity index is 0.935. The molecule has 27 nitrogen and oxygen atoms in total. The first-order valence-electron chi connectivity index (χ1n) is 27.2. The van der Waals surface area contributed by atoms with E-state index in [1.165, 1.54) is 0 Å². The topological polar surface area (TPSA) is 444 Å². The van der Waals surface area contributed by atoms with E-state index in [1.807, 2.05) is 0 Å². The van der Waals surface area contributed by atoms with E-state index in [0.717, 1.165) is 5.57 Å². The van der Waals surface area contributed by atoms with Crippen LogP contribution in [-0.4, -0.2) is 279 Å². The molecule has 78 heavy (non-hydrogen) atoms. The van der Waals surface area contributed by atoms with Crippen molar-refractivity contribution >= 4 is 5.97 Å². The molecule has 9 aliphatic rings. The van der Waals surface area contributed by atoms with E-state index < -0.39 is 214 Å². The smallest absolute Gasteiger partial charge is 0.314 e. The molecule has 0 amide bonds. The van der Waals surface area contributed by atoms with E-state index in [0.29, 0.717) is 57.8 Å². The molecule has 2 bridgehead atoms. The number of rotatable bonds is 15. The lowest BCUT2D eigenvalue weighted by molar-refractivity contribution is -0.391. The molecule has 27 heteroatoms. The van der Waals surface area contributed by atoms with Crippen molar-refractivity contribution in [1.82, 2.24) is 0 Å². The van der Waals surface area contributed by atoms with Gasteiger partial charge in [0.25, 0.3) is 0 Å². The van der Waals surface area contributed by atoms with Crippen LogP contribution in [0.2, 0.25) is 0 Å². The third-order valence-electron chi connectivity index (χ3n) is 19.7. The van der Waals surface area contributed by atoms with Crippen LogP contribution < -0.4 is 0 Å². The maximum atomic E-state index is 15.1. The van der Waals surface area contributed by atoms with Crippen LogP contribution in [0.1, 0.15) is 78.1 Å². The van der Waals surface area contributed by atoms with Gasteiger partial charge in [-0.15, -0.1) is 0 Å². The van der Waals surface area contributed by atoms with Gasteiger partial charge in [-0.25, -0.2) is 0 Å². The second-order valence-corrected chi connectivity index (χ2v) is 24.1. The first-order chi connectivity index (χ1) is 36.9. The molecule has 1 spiro atoms. The Morgan fingerprint density at radius 3 is 1.59 bits per heavy atom. The Kier molecular flexibility index (Phi) is 18.2. The zero-order valence-electron chi connectivity index (χ0n) is 43.6. The summed E-state index contributed by atoms with van der Waals surface area (Å²) in [6.07, 6.45) is -36.7. The summed E-state index contributed by atoms with van der Waals surface area (Å²) in [6, 6.07) is 0. The standard InChI is InChI=1S/C51H82O27/c1-19-12-50-9-5-26-48(2,27(50)6-10-51(19,18-50)78-46-42(38(67)33(62)25(17-56)74-46)70-21-11-20(13-52)28(57)34(63)29(21)58)7-4-8-49(26,3)47(69)77-45-41(37(66)32(61)24(16-55)73-45)76-44-40(36(65)31(60)23(15-54)72-44)75-43-39(68)35(64)30(59)22(14-53)71-43/h20-46,52-68H,1,4-18H2,2-3H3/t20?,21?,22?,23?,24?,25?,26?,27-,28?,29?,30?,31?,32?,33?,34?,35?,36?,37?,38?,39?,40?,41?,42?,43?,44?,45?,46?,48+,49+,50+,51?/m0/s1. The van der Waals surface area contributed by atoms with E-state index in [-0.39, 0.29) is 18.3 Å². The number of fused-ring (bicyclic) bond motifs is 3. The van der Waals surface area contributed by atoms with Gasteiger partial charge in [0.1, 0.15) is 104 Å². The lowest BCUT2D eigenvalue weighted by Crippen LogP contribution is -2.67. The summed E-state index contributed by atoms with van der Waals surface area (Å²) in [6.45, 7) is 4.61. The molecule has 0 aromatic rings. The minimum atomic E-state index is -2.02. The molecule has 448 valence electrons. The molecular formula is C51H82O27. The largest absolute Gasteiger partial charge is 0.432 e. The highest BCUT2D eigenvalue weighted by atomic mass is 16.8. The first kappa shape index (κ1) is 60.8. The molecule has 0 aromatic carbocycles. The summed E-state index contributed by atoms with van der Waals surface area (Å²) in [7, 11) is 0. The van der Waals surface area contributed by atoms with Gasteiger partial charge in [0, 0.05) is 12.5 Å². The minimum absolute atomic E-state index is 0.0205. The summed E-state index contributed by atoms with van der Waals surface area (Å²) in [5.41, 5.74) is -2.49. The first-order valence-corrected chi connectivity index (χ1v) is 27.2. The number of carbonyl (C=O) groups excluding carboxylic acids is 1. The van der Waals surface area contributed by atoms with Crippen LogP contribution in [0.5, 0.6) is 0 Å². The molecule has 9 rings (SSSR count). The zero-order chi connectivity index (χ0) is 56.7. The number of esters is 1. The highest BCUT2D eigenvalue weighted by molar-refractivity contribution is 5.77. The number of ether oxygens (including phenoxy) is 9. The van der Waals surface area contributed by atoms with Gasteiger partial charge in [-0.1, -0.05) is 19.9 Å². The fraction of sp³-hybridized carbons (Fsp3) is 0.941. The van der Waals surface area contributed by atoms with Crippen molar-refractivity contribution < 1.29 is 134 Å². The summed E-state index contributed by atoms with van der Waals surface area (Å²) in [4.78, 5) is 15.1. The second-order valence-electron chi connectivity index (χ2n) is 24.1. The summed E-state index contributed by atoms with van der Waals surface area (Å²) < 4.78 is 54.5. The number of hydrogen-bond acceptors (Lipinski definition) is 27. The van der Waals surface area contributed by atoms with E-state index in [2.05, 4.69) is 13.5 Å². The van der Waals surface area contributed by atoms with Gasteiger partial charge in [-0.3, -0.25) is 4.79 Å². The van der Waals surface area contributed by atoms with E-state index >= 15 is 4.79 Å². The maximum Gasteiger partial charge on any atom is 0.314 e. The van der Waals surface area contributed by atoms with Crippen molar-refractivity contribution in [2.75, 3.05) is 33.0 Å². The van der Waals surface area contributed by atoms with Gasteiger partial charge in [0.05, 0.1) is 49.7 Å². The Labute approximate surface area is 449 Å². The molecule has 4 aliphatic heterocycles. The molecule has 17 N–H and O–H groups in total. The van der Waals surface area contributed by atoms with Crippen molar-refractivity contribution in [3.63, 3.8) is 0 Å². The fourth-order valence-corrected chi connectivity index (χ4v) is 15.4. The average Bonchev–Trinajstić information content (AvgIpc) is 3.65. The van der Waals surface area contributed by atoms with Gasteiger partial charge in [-0.05, 0) is 93.0 Å². The van der Waals surface area contributed by atoms with Gasteiger partial charge < -0.3 is 129 Å². The Morgan fingerprint density at radius 2 is 1.01 bits per heavy atom. The molecular weight excluding hydrogens is 1040 g/mol. The van der Waals surface area contributed by atoms with Gasteiger partial charge in [0.2, 0.25) is 6.29 Å². The molecule has 4 heterocycles. The Bertz CT molecular complexity index is 2070. The highest BCUT2D eigenvalue weighted by Crippen LogP contribution is 2.74. The molecule has 5 saturated carbocycles. The van der Waals surface area contributed by atoms with Crippen LogP contribution in [0.25, 0.3) is 0 Å². The number of aliphatic hydroxyl groups excluding tert-OH is 17. The maximum absolute atomic E-state index is 15.1. The quantitative estimate of drug-likeness (QED) is 0.0412. The fourth-order valence-electron chi connectivity index (χ4n) is 15.4. The summed E-state index contributed by atoms with van der Waals surface area (Å²) >= 11 is 0. The van der Waals surface area contributed by atoms with Crippen LogP contribution in [0.4, 0.5) is 0 Å². The van der Waals surface area contributed by atoms with Crippen molar-refractivity contribution in [2.45, 2.75) is 231 Å². The van der Waals surface area contributed by atoms with Crippen LogP contribution in [0, 0.1) is 34.0 Å². The SMILES string of the molecule is C=C1C[C@@]23CCC4[C@](C)(C(=O)OC5OC(CO)C(O)C(O)C5OC5OC(CO)C(O)C(O)C5OC5OC(CO)C(O)C(O)C5O)CCC[C@@]4(C)[C@@H]2CCC1(OC1OC(CO)C(O)C(O)C1OC1CC(CO)C(O)C(O)C1O)C3. The predicted molar refractivity (Wildman–Crippen MR) is 255 cm³/mol. The second kappa shape index (κ2) is 23.3. The number of aliphatic hydroxyl groups is 17. The average molecular weight is 1130 g/mol. The van der Waals surface area contributed by atoms with Crippen molar-refractivity contribution in [3.8, 4) is 0 Å². The number of carbonyl (C=O) groups is 1. The lowest BCUT2D eigenvalue weighted by Gasteiger charge is -2.64. The Hall–Kier alpha value is -1.79. The van der Waals surface area contributed by atoms with E-state index in [1.54, 1.807) is 6.92 Å². The van der Waals surface area contributed by atoms with Gasteiger partial charge in [-0.2, -0.15) is 0 Å². The molecule has 0 radical (unpaired) electrons. The van der Waals surface area contributed by atoms with Crippen LogP contribution in [-0.2, 0) is 47.4 Å². The van der Waals surface area contributed by atoms with Gasteiger partial charge in [0.15, 0.2) is 25.0 Å². The predicted octanol–water partition coefficient (Wildman–Crippen LogP) is -6.63. The van der Waals surface area contributed by atoms with Crippen molar-refractivity contribution in [2.24, 2.45) is 34.0 Å². The third kappa shape index (κ3) is 10.3. The molecule has 27 unspecified atom stereocenters. The highest BCUT2D eigenvalue weighted by Gasteiger charge is 2.70. The molecule has 9 fully saturated rings.